The van der Waals surface area contributed by atoms with Gasteiger partial charge in [0, 0.05) is 27.1 Å². The van der Waals surface area contributed by atoms with Gasteiger partial charge in [-0.2, -0.15) is 0 Å². The summed E-state index contributed by atoms with van der Waals surface area (Å²) >= 11 is 0. The van der Waals surface area contributed by atoms with Gasteiger partial charge in [-0.25, -0.2) is 0 Å². The Hall–Kier alpha value is -5.78. The minimum atomic E-state index is 1.10. The summed E-state index contributed by atoms with van der Waals surface area (Å²) in [5.74, 6) is 2.72. The molecule has 202 valence electrons. The number of aromatic nitrogens is 2. The predicted octanol–water partition coefficient (Wildman–Crippen LogP) is 10.5. The maximum atomic E-state index is 5.75. The third kappa shape index (κ3) is 3.76. The molecular weight excluding hydrogens is 520 g/mol. The van der Waals surface area contributed by atoms with E-state index in [1.807, 2.05) is 0 Å². The van der Waals surface area contributed by atoms with Crippen LogP contribution in [-0.2, 0) is 0 Å². The highest BCUT2D eigenvalue weighted by molar-refractivity contribution is 6.23. The molecule has 0 fully saturated rings. The van der Waals surface area contributed by atoms with Crippen molar-refractivity contribution in [1.82, 2.24) is 9.13 Å². The van der Waals surface area contributed by atoms with Crippen molar-refractivity contribution in [1.29, 1.82) is 0 Å². The maximum absolute atomic E-state index is 5.75. The van der Waals surface area contributed by atoms with Crippen LogP contribution < -0.4 is 0 Å². The summed E-state index contributed by atoms with van der Waals surface area (Å²) in [6.07, 6.45) is 9.63. The molecule has 0 radical (unpaired) electrons. The van der Waals surface area contributed by atoms with E-state index in [4.69, 9.17) is 6.42 Å². The standard InChI is InChI=1S/C41H28N2/c1-3-4-22-34-28(2)40-38(42(34)36-25-14-18-30-17-8-9-19-32(30)36)26-27-39-41(40)33-21-11-13-24-37(33)43(39)35-23-12-10-20-31(35)29-15-6-5-7-16-29/h1,4-27H,2H3/b22-4-. The van der Waals surface area contributed by atoms with E-state index < -0.39 is 0 Å². The second-order valence-corrected chi connectivity index (χ2v) is 10.9. The smallest absolute Gasteiger partial charge is 0.0549 e. The van der Waals surface area contributed by atoms with Crippen LogP contribution in [-0.4, -0.2) is 9.13 Å². The SMILES string of the molecule is C#C/C=C\c1c(C)c2c3c4ccccc4n(-c4ccccc4-c4ccccc4)c3ccc2n1-c1cccc2ccccc12. The average Bonchev–Trinajstić information content (AvgIpc) is 3.55. The number of rotatable bonds is 4. The van der Waals surface area contributed by atoms with Crippen LogP contribution in [0, 0.1) is 19.3 Å². The fourth-order valence-corrected chi connectivity index (χ4v) is 6.82. The first kappa shape index (κ1) is 25.0. The Morgan fingerprint density at radius 2 is 1.21 bits per heavy atom. The Balaban J connectivity index is 1.53. The Labute approximate surface area is 250 Å². The van der Waals surface area contributed by atoms with Gasteiger partial charge in [-0.05, 0) is 65.9 Å². The summed E-state index contributed by atoms with van der Waals surface area (Å²) in [5, 5.41) is 6.15. The molecule has 0 bridgehead atoms. The van der Waals surface area contributed by atoms with E-state index in [-0.39, 0.29) is 0 Å². The van der Waals surface area contributed by atoms with Gasteiger partial charge in [0.05, 0.1) is 33.6 Å². The summed E-state index contributed by atoms with van der Waals surface area (Å²) in [5.41, 5.74) is 10.5. The van der Waals surface area contributed by atoms with E-state index in [0.29, 0.717) is 0 Å². The van der Waals surface area contributed by atoms with Gasteiger partial charge in [-0.3, -0.25) is 0 Å². The molecule has 2 nitrogen and oxygen atoms in total. The normalized spacial score (nSPS) is 11.7. The molecule has 43 heavy (non-hydrogen) atoms. The van der Waals surface area contributed by atoms with Crippen LogP contribution in [0.5, 0.6) is 0 Å². The monoisotopic (exact) mass is 548 g/mol. The molecule has 0 unspecified atom stereocenters. The number of benzene rings is 6. The molecule has 8 rings (SSSR count). The van der Waals surface area contributed by atoms with Crippen molar-refractivity contribution in [3.05, 3.63) is 151 Å². The van der Waals surface area contributed by atoms with E-state index >= 15 is 0 Å². The van der Waals surface area contributed by atoms with Crippen LogP contribution in [0.2, 0.25) is 0 Å². The van der Waals surface area contributed by atoms with Gasteiger partial charge in [0.25, 0.3) is 0 Å². The zero-order valence-electron chi connectivity index (χ0n) is 23.8. The third-order valence-corrected chi connectivity index (χ3v) is 8.63. The fourth-order valence-electron chi connectivity index (χ4n) is 6.82. The van der Waals surface area contributed by atoms with Crippen LogP contribution in [0.4, 0.5) is 0 Å². The lowest BCUT2D eigenvalue weighted by Crippen LogP contribution is -1.98. The van der Waals surface area contributed by atoms with Crippen molar-refractivity contribution in [2.75, 3.05) is 0 Å². The van der Waals surface area contributed by atoms with Gasteiger partial charge in [-0.1, -0.05) is 109 Å². The highest BCUT2D eigenvalue weighted by Crippen LogP contribution is 2.43. The van der Waals surface area contributed by atoms with E-state index in [2.05, 4.69) is 162 Å². The third-order valence-electron chi connectivity index (χ3n) is 8.63. The van der Waals surface area contributed by atoms with Gasteiger partial charge < -0.3 is 9.13 Å². The van der Waals surface area contributed by atoms with Crippen molar-refractivity contribution in [2.24, 2.45) is 0 Å². The molecule has 0 aliphatic heterocycles. The van der Waals surface area contributed by atoms with Crippen molar-refractivity contribution >= 4 is 49.6 Å². The Bertz CT molecular complexity index is 2400. The summed E-state index contributed by atoms with van der Waals surface area (Å²) in [7, 11) is 0. The zero-order valence-corrected chi connectivity index (χ0v) is 23.8. The Morgan fingerprint density at radius 1 is 0.558 bits per heavy atom. The highest BCUT2D eigenvalue weighted by atomic mass is 15.0. The molecule has 0 N–H and O–H groups in total. The summed E-state index contributed by atoms with van der Waals surface area (Å²) in [6.45, 7) is 2.23. The first-order chi connectivity index (χ1) is 21.3. The molecule has 0 atom stereocenters. The molecule has 0 aliphatic carbocycles. The molecule has 8 aromatic rings. The van der Waals surface area contributed by atoms with E-state index in [1.54, 1.807) is 6.08 Å². The number of aryl methyl sites for hydroxylation is 1. The highest BCUT2D eigenvalue weighted by Gasteiger charge is 2.22. The Morgan fingerprint density at radius 3 is 2.05 bits per heavy atom. The van der Waals surface area contributed by atoms with Crippen molar-refractivity contribution in [3.8, 4) is 34.8 Å². The maximum Gasteiger partial charge on any atom is 0.0549 e. The van der Waals surface area contributed by atoms with Crippen molar-refractivity contribution in [3.63, 3.8) is 0 Å². The average molecular weight is 549 g/mol. The van der Waals surface area contributed by atoms with E-state index in [1.165, 1.54) is 54.7 Å². The first-order valence-electron chi connectivity index (χ1n) is 14.6. The van der Waals surface area contributed by atoms with E-state index in [0.717, 1.165) is 22.6 Å². The molecule has 0 spiro atoms. The second-order valence-electron chi connectivity index (χ2n) is 10.9. The second kappa shape index (κ2) is 9.94. The topological polar surface area (TPSA) is 9.86 Å². The number of terminal acetylenes is 1. The Kier molecular flexibility index (Phi) is 5.77. The largest absolute Gasteiger partial charge is 0.309 e. The van der Waals surface area contributed by atoms with Gasteiger partial charge in [0.15, 0.2) is 0 Å². The van der Waals surface area contributed by atoms with Crippen LogP contribution in [0.15, 0.2) is 140 Å². The van der Waals surface area contributed by atoms with Crippen LogP contribution in [0.3, 0.4) is 0 Å². The summed E-state index contributed by atoms with van der Waals surface area (Å²) in [6, 6.07) is 47.8. The lowest BCUT2D eigenvalue weighted by atomic mass is 10.0. The van der Waals surface area contributed by atoms with Crippen LogP contribution in [0.25, 0.3) is 72.1 Å². The number of hydrogen-bond donors (Lipinski definition) is 0. The number of fused-ring (bicyclic) bond motifs is 6. The zero-order chi connectivity index (χ0) is 28.9. The molecule has 0 saturated carbocycles. The number of nitrogens with zero attached hydrogens (tertiary/aromatic N) is 2. The van der Waals surface area contributed by atoms with Gasteiger partial charge in [0.1, 0.15) is 0 Å². The predicted molar refractivity (Wildman–Crippen MR) is 183 cm³/mol. The van der Waals surface area contributed by atoms with Crippen LogP contribution >= 0.6 is 0 Å². The molecule has 2 heterocycles. The van der Waals surface area contributed by atoms with Gasteiger partial charge >= 0.3 is 0 Å². The number of para-hydroxylation sites is 2. The molecule has 6 aromatic carbocycles. The molecular formula is C41H28N2. The lowest BCUT2D eigenvalue weighted by molar-refractivity contribution is 1.11. The minimum absolute atomic E-state index is 1.10. The van der Waals surface area contributed by atoms with Crippen molar-refractivity contribution < 1.29 is 0 Å². The van der Waals surface area contributed by atoms with Gasteiger partial charge in [-0.15, -0.1) is 6.42 Å². The van der Waals surface area contributed by atoms with Gasteiger partial charge in [0.2, 0.25) is 0 Å². The molecule has 0 saturated heterocycles. The number of allylic oxidation sites excluding steroid dienone is 1. The van der Waals surface area contributed by atoms with E-state index in [9.17, 15) is 0 Å². The molecule has 2 aromatic heterocycles. The van der Waals surface area contributed by atoms with Crippen LogP contribution in [0.1, 0.15) is 11.3 Å². The number of hydrogen-bond acceptors (Lipinski definition) is 0. The van der Waals surface area contributed by atoms with Crippen molar-refractivity contribution in [2.45, 2.75) is 6.92 Å². The molecule has 2 heteroatoms. The molecule has 0 aliphatic rings. The summed E-state index contributed by atoms with van der Waals surface area (Å²) < 4.78 is 4.81. The molecule has 0 amide bonds. The quantitative estimate of drug-likeness (QED) is 0.194. The summed E-state index contributed by atoms with van der Waals surface area (Å²) in [4.78, 5) is 0. The minimum Gasteiger partial charge on any atom is -0.309 e. The fraction of sp³-hybridized carbons (Fsp3) is 0.0244. The first-order valence-corrected chi connectivity index (χ1v) is 14.6. The lowest BCUT2D eigenvalue weighted by Gasteiger charge is -2.14.